The summed E-state index contributed by atoms with van der Waals surface area (Å²) in [4.78, 5) is 14.4. The van der Waals surface area contributed by atoms with Crippen molar-refractivity contribution in [1.82, 2.24) is 0 Å². The van der Waals surface area contributed by atoms with E-state index in [9.17, 15) is 13.6 Å². The van der Waals surface area contributed by atoms with E-state index < -0.39 is 17.6 Å². The number of cyclic esters (lactones) is 1. The third-order valence-corrected chi connectivity index (χ3v) is 1.73. The molecule has 0 saturated heterocycles. The van der Waals surface area contributed by atoms with Crippen LogP contribution in [-0.4, -0.2) is 18.4 Å². The number of benzene rings is 1. The van der Waals surface area contributed by atoms with Gasteiger partial charge in [-0.15, -0.1) is 0 Å². The van der Waals surface area contributed by atoms with Crippen LogP contribution in [-0.2, 0) is 9.53 Å². The monoisotopic (exact) mass is 197 g/mol. The quantitative estimate of drug-likeness (QED) is 0.636. The Bertz CT molecular complexity index is 429. The predicted molar refractivity (Wildman–Crippen MR) is 43.9 cm³/mol. The average molecular weight is 197 g/mol. The smallest absolute Gasteiger partial charge is 0.334 e. The van der Waals surface area contributed by atoms with Gasteiger partial charge in [-0.1, -0.05) is 0 Å². The summed E-state index contributed by atoms with van der Waals surface area (Å²) in [6.45, 7) is -0.0751. The molecule has 0 N–H and O–H groups in total. The minimum absolute atomic E-state index is 0.0360. The number of rotatable bonds is 1. The van der Waals surface area contributed by atoms with Crippen molar-refractivity contribution in [2.24, 2.45) is 4.99 Å². The molecule has 0 fully saturated rings. The molecule has 14 heavy (non-hydrogen) atoms. The van der Waals surface area contributed by atoms with E-state index in [1.807, 2.05) is 0 Å². The molecule has 1 aliphatic heterocycles. The molecule has 3 nitrogen and oxygen atoms in total. The van der Waals surface area contributed by atoms with Gasteiger partial charge in [-0.2, -0.15) is 0 Å². The molecule has 0 unspecified atom stereocenters. The summed E-state index contributed by atoms with van der Waals surface area (Å²) in [5.41, 5.74) is 0.259. The summed E-state index contributed by atoms with van der Waals surface area (Å²) in [6, 6.07) is 3.20. The number of esters is 1. The van der Waals surface area contributed by atoms with Crippen LogP contribution in [0.25, 0.3) is 0 Å². The van der Waals surface area contributed by atoms with E-state index >= 15 is 0 Å². The molecule has 1 aromatic carbocycles. The van der Waals surface area contributed by atoms with Crippen molar-refractivity contribution in [3.05, 3.63) is 35.4 Å². The molecule has 5 heteroatoms. The Labute approximate surface area is 78.0 Å². The SMILES string of the molecule is O=C1CN=C(c2ccc(F)c(F)c2)O1. The van der Waals surface area contributed by atoms with E-state index in [1.165, 1.54) is 6.07 Å². The lowest BCUT2D eigenvalue weighted by atomic mass is 10.2. The first kappa shape index (κ1) is 8.80. The minimum Gasteiger partial charge on any atom is -0.406 e. The van der Waals surface area contributed by atoms with Gasteiger partial charge in [0.15, 0.2) is 11.6 Å². The number of hydrogen-bond acceptors (Lipinski definition) is 3. The van der Waals surface area contributed by atoms with Crippen LogP contribution in [0.3, 0.4) is 0 Å². The summed E-state index contributed by atoms with van der Waals surface area (Å²) in [7, 11) is 0. The van der Waals surface area contributed by atoms with Crippen LogP contribution >= 0.6 is 0 Å². The zero-order valence-corrected chi connectivity index (χ0v) is 6.96. The molecule has 0 bridgehead atoms. The number of carbonyl (C=O) groups is 1. The number of nitrogens with zero attached hydrogens (tertiary/aromatic N) is 1. The molecule has 1 aliphatic rings. The van der Waals surface area contributed by atoms with Crippen molar-refractivity contribution >= 4 is 11.9 Å². The second-order valence-corrected chi connectivity index (χ2v) is 2.72. The van der Waals surface area contributed by atoms with E-state index in [0.717, 1.165) is 12.1 Å². The highest BCUT2D eigenvalue weighted by molar-refractivity contribution is 6.04. The molecule has 0 atom stereocenters. The second-order valence-electron chi connectivity index (χ2n) is 2.72. The van der Waals surface area contributed by atoms with Gasteiger partial charge < -0.3 is 4.74 Å². The lowest BCUT2D eigenvalue weighted by molar-refractivity contribution is -0.132. The standard InChI is InChI=1S/C9H5F2NO2/c10-6-2-1-5(3-7(6)11)9-12-4-8(13)14-9/h1-3H,4H2. The first-order chi connectivity index (χ1) is 6.66. The van der Waals surface area contributed by atoms with E-state index in [1.54, 1.807) is 0 Å². The zero-order chi connectivity index (χ0) is 10.1. The Hall–Kier alpha value is -1.78. The highest BCUT2D eigenvalue weighted by Gasteiger charge is 2.18. The van der Waals surface area contributed by atoms with Gasteiger partial charge in [0, 0.05) is 5.56 Å². The van der Waals surface area contributed by atoms with Gasteiger partial charge in [0.05, 0.1) is 0 Å². The van der Waals surface area contributed by atoms with Crippen molar-refractivity contribution in [2.75, 3.05) is 6.54 Å². The molecule has 0 aromatic heterocycles. The number of hydrogen-bond donors (Lipinski definition) is 0. The highest BCUT2D eigenvalue weighted by atomic mass is 19.2. The van der Waals surface area contributed by atoms with Crippen LogP contribution in [0.15, 0.2) is 23.2 Å². The number of carbonyl (C=O) groups excluding carboxylic acids is 1. The minimum atomic E-state index is -0.992. The van der Waals surface area contributed by atoms with E-state index in [2.05, 4.69) is 9.73 Å². The lowest BCUT2D eigenvalue weighted by Crippen LogP contribution is -2.06. The van der Waals surface area contributed by atoms with Crippen molar-refractivity contribution in [3.8, 4) is 0 Å². The van der Waals surface area contributed by atoms with Crippen molar-refractivity contribution in [3.63, 3.8) is 0 Å². The topological polar surface area (TPSA) is 38.7 Å². The first-order valence-electron chi connectivity index (χ1n) is 3.87. The molecule has 1 heterocycles. The normalized spacial score (nSPS) is 15.3. The van der Waals surface area contributed by atoms with E-state index in [4.69, 9.17) is 0 Å². The summed E-state index contributed by atoms with van der Waals surface area (Å²) < 4.78 is 30.0. The molecular formula is C9H5F2NO2. The molecule has 1 aromatic rings. The Morgan fingerprint density at radius 3 is 2.64 bits per heavy atom. The van der Waals surface area contributed by atoms with Crippen molar-refractivity contribution < 1.29 is 18.3 Å². The van der Waals surface area contributed by atoms with Crippen LogP contribution < -0.4 is 0 Å². The largest absolute Gasteiger partial charge is 0.406 e. The Kier molecular flexibility index (Phi) is 1.99. The zero-order valence-electron chi connectivity index (χ0n) is 6.96. The fourth-order valence-corrected chi connectivity index (χ4v) is 1.09. The maximum absolute atomic E-state index is 12.8. The summed E-state index contributed by atoms with van der Waals surface area (Å²) in [6.07, 6.45) is 0. The van der Waals surface area contributed by atoms with Crippen molar-refractivity contribution in [2.45, 2.75) is 0 Å². The molecule has 72 valence electrons. The molecule has 0 spiro atoms. The van der Waals surface area contributed by atoms with Gasteiger partial charge >= 0.3 is 5.97 Å². The summed E-state index contributed by atoms with van der Waals surface area (Å²) in [5, 5.41) is 0. The van der Waals surface area contributed by atoms with Crippen LogP contribution in [0, 0.1) is 11.6 Å². The number of aliphatic imine (C=N–C) groups is 1. The Balaban J connectivity index is 2.34. The van der Waals surface area contributed by atoms with Crippen LogP contribution in [0.1, 0.15) is 5.56 Å². The maximum atomic E-state index is 12.8. The fourth-order valence-electron chi connectivity index (χ4n) is 1.09. The van der Waals surface area contributed by atoms with Gasteiger partial charge in [-0.3, -0.25) is 0 Å². The van der Waals surface area contributed by atoms with Crippen LogP contribution in [0.4, 0.5) is 8.78 Å². The average Bonchev–Trinajstić information content (AvgIpc) is 2.57. The predicted octanol–water partition coefficient (Wildman–Crippen LogP) is 1.27. The van der Waals surface area contributed by atoms with Gasteiger partial charge in [-0.25, -0.2) is 18.6 Å². The molecule has 0 amide bonds. The molecular weight excluding hydrogens is 192 g/mol. The lowest BCUT2D eigenvalue weighted by Gasteiger charge is -2.00. The Morgan fingerprint density at radius 1 is 1.29 bits per heavy atom. The number of halogens is 2. The van der Waals surface area contributed by atoms with Gasteiger partial charge in [0.1, 0.15) is 6.54 Å². The third-order valence-electron chi connectivity index (χ3n) is 1.73. The van der Waals surface area contributed by atoms with Gasteiger partial charge in [0.25, 0.3) is 0 Å². The highest BCUT2D eigenvalue weighted by Crippen LogP contribution is 2.12. The molecule has 2 rings (SSSR count). The molecule has 0 aliphatic carbocycles. The molecule has 0 saturated carbocycles. The van der Waals surface area contributed by atoms with E-state index in [-0.39, 0.29) is 18.0 Å². The second kappa shape index (κ2) is 3.17. The fraction of sp³-hybridized carbons (Fsp3) is 0.111. The first-order valence-corrected chi connectivity index (χ1v) is 3.87. The van der Waals surface area contributed by atoms with Crippen molar-refractivity contribution in [1.29, 1.82) is 0 Å². The maximum Gasteiger partial charge on any atom is 0.334 e. The van der Waals surface area contributed by atoms with Crippen LogP contribution in [0.5, 0.6) is 0 Å². The number of ether oxygens (including phenoxy) is 1. The van der Waals surface area contributed by atoms with Crippen LogP contribution in [0.2, 0.25) is 0 Å². The van der Waals surface area contributed by atoms with Gasteiger partial charge in [0.2, 0.25) is 5.90 Å². The Morgan fingerprint density at radius 2 is 2.07 bits per heavy atom. The third kappa shape index (κ3) is 1.48. The summed E-state index contributed by atoms with van der Waals surface area (Å²) >= 11 is 0. The van der Waals surface area contributed by atoms with Gasteiger partial charge in [-0.05, 0) is 18.2 Å². The molecule has 0 radical (unpaired) electrons. The summed E-state index contributed by atoms with van der Waals surface area (Å²) in [5.74, 6) is -2.40. The van der Waals surface area contributed by atoms with E-state index in [0.29, 0.717) is 0 Å².